The number of primary amides is 1. The molecule has 6 heteroatoms. The normalized spacial score (nSPS) is 12.0. The van der Waals surface area contributed by atoms with Crippen molar-refractivity contribution in [3.63, 3.8) is 0 Å². The summed E-state index contributed by atoms with van der Waals surface area (Å²) in [4.78, 5) is 15.6. The molecule has 0 fully saturated rings. The van der Waals surface area contributed by atoms with E-state index < -0.39 is 17.6 Å². The maximum atomic E-state index is 12.7. The van der Waals surface area contributed by atoms with Gasteiger partial charge in [-0.05, 0) is 24.3 Å². The van der Waals surface area contributed by atoms with E-state index in [0.717, 1.165) is 12.1 Å². The molecule has 0 bridgehead atoms. The maximum absolute atomic E-state index is 12.7. The van der Waals surface area contributed by atoms with E-state index in [9.17, 15) is 18.0 Å². The Hall–Kier alpha value is -2.63. The number of pyridine rings is 1. The van der Waals surface area contributed by atoms with E-state index in [1.807, 2.05) is 0 Å². The van der Waals surface area contributed by atoms with Crippen molar-refractivity contribution in [1.29, 1.82) is 0 Å². The third kappa shape index (κ3) is 2.29. The van der Waals surface area contributed by atoms with Gasteiger partial charge in [0.25, 0.3) is 5.91 Å². The Labute approximate surface area is 117 Å². The number of nitrogens with two attached hydrogens (primary N) is 1. The Balaban J connectivity index is 2.35. The van der Waals surface area contributed by atoms with Gasteiger partial charge in [0.15, 0.2) is 0 Å². The molecule has 0 aliphatic rings. The van der Waals surface area contributed by atoms with Gasteiger partial charge >= 0.3 is 6.18 Å². The van der Waals surface area contributed by atoms with Gasteiger partial charge in [0, 0.05) is 10.8 Å². The highest BCUT2D eigenvalue weighted by atomic mass is 19.4. The summed E-state index contributed by atoms with van der Waals surface area (Å²) in [5, 5.41) is 1.22. The first kappa shape index (κ1) is 13.4. The Kier molecular flexibility index (Phi) is 2.83. The van der Waals surface area contributed by atoms with Crippen molar-refractivity contribution in [2.75, 3.05) is 0 Å². The van der Waals surface area contributed by atoms with Crippen molar-refractivity contribution >= 4 is 27.7 Å². The van der Waals surface area contributed by atoms with Crippen molar-refractivity contribution in [3.05, 3.63) is 53.6 Å². The van der Waals surface area contributed by atoms with Crippen molar-refractivity contribution < 1.29 is 18.0 Å². The van der Waals surface area contributed by atoms with Crippen molar-refractivity contribution in [2.24, 2.45) is 5.73 Å². The van der Waals surface area contributed by atoms with Gasteiger partial charge in [-0.15, -0.1) is 0 Å². The zero-order chi connectivity index (χ0) is 15.2. The molecule has 3 rings (SSSR count). The van der Waals surface area contributed by atoms with Gasteiger partial charge in [-0.1, -0.05) is 18.2 Å². The number of aromatic nitrogens is 1. The number of hydrogen-bond acceptors (Lipinski definition) is 2. The summed E-state index contributed by atoms with van der Waals surface area (Å²) in [5.41, 5.74) is 5.15. The van der Waals surface area contributed by atoms with Crippen LogP contribution in [-0.4, -0.2) is 10.9 Å². The third-order valence-corrected chi connectivity index (χ3v) is 3.23. The molecule has 3 aromatic rings. The Morgan fingerprint density at radius 3 is 2.48 bits per heavy atom. The van der Waals surface area contributed by atoms with E-state index in [1.54, 1.807) is 18.2 Å². The molecule has 0 unspecified atom stereocenters. The van der Waals surface area contributed by atoms with Crippen LogP contribution in [-0.2, 0) is 6.18 Å². The molecule has 2 N–H and O–H groups in total. The predicted octanol–water partition coefficient (Wildman–Crippen LogP) is 3.51. The quantitative estimate of drug-likeness (QED) is 0.697. The molecule has 0 radical (unpaired) electrons. The van der Waals surface area contributed by atoms with Crippen LogP contribution in [0.25, 0.3) is 21.8 Å². The first-order valence-corrected chi connectivity index (χ1v) is 6.07. The van der Waals surface area contributed by atoms with E-state index >= 15 is 0 Å². The topological polar surface area (TPSA) is 56.0 Å². The van der Waals surface area contributed by atoms with Gasteiger partial charge in [0.05, 0.1) is 22.2 Å². The fourth-order valence-corrected chi connectivity index (χ4v) is 2.23. The number of hydrogen-bond donors (Lipinski definition) is 1. The molecule has 0 aliphatic heterocycles. The molecule has 3 nitrogen and oxygen atoms in total. The van der Waals surface area contributed by atoms with Crippen LogP contribution < -0.4 is 5.73 Å². The fourth-order valence-electron chi connectivity index (χ4n) is 2.23. The third-order valence-electron chi connectivity index (χ3n) is 3.23. The van der Waals surface area contributed by atoms with Crippen LogP contribution in [0.3, 0.4) is 0 Å². The summed E-state index contributed by atoms with van der Waals surface area (Å²) >= 11 is 0. The number of halogens is 3. The molecule has 0 saturated carbocycles. The minimum Gasteiger partial charge on any atom is -0.366 e. The lowest BCUT2D eigenvalue weighted by Gasteiger charge is -2.09. The second-order valence-electron chi connectivity index (χ2n) is 4.64. The second-order valence-corrected chi connectivity index (χ2v) is 4.64. The molecule has 1 heterocycles. The van der Waals surface area contributed by atoms with Crippen LogP contribution in [0.2, 0.25) is 0 Å². The summed E-state index contributed by atoms with van der Waals surface area (Å²) in [5.74, 6) is -0.667. The van der Waals surface area contributed by atoms with E-state index in [0.29, 0.717) is 16.3 Å². The highest BCUT2D eigenvalue weighted by Gasteiger charge is 2.30. The molecule has 0 atom stereocenters. The second kappa shape index (κ2) is 4.44. The predicted molar refractivity (Wildman–Crippen MR) is 72.8 cm³/mol. The minimum atomic E-state index is -4.44. The molecule has 0 aliphatic carbocycles. The molecule has 0 spiro atoms. The molecule has 21 heavy (non-hydrogen) atoms. The van der Waals surface area contributed by atoms with Gasteiger partial charge in [-0.2, -0.15) is 13.2 Å². The lowest BCUT2D eigenvalue weighted by Crippen LogP contribution is -2.12. The molecule has 1 aromatic heterocycles. The van der Waals surface area contributed by atoms with Gasteiger partial charge in [-0.3, -0.25) is 4.79 Å². The number of nitrogens with zero attached hydrogens (tertiary/aromatic N) is 1. The standard InChI is InChI=1S/C15H9F3N2O/c16-15(17,18)10-5-4-8-6-9-2-1-3-11(14(19)21)13(9)20-12(8)7-10/h1-7H,(H2,19,21). The molecular formula is C15H9F3N2O. The number of carbonyl (C=O) groups is 1. The Morgan fingerprint density at radius 2 is 1.81 bits per heavy atom. The first-order valence-electron chi connectivity index (χ1n) is 6.07. The van der Waals surface area contributed by atoms with Gasteiger partial charge in [0.1, 0.15) is 0 Å². The SMILES string of the molecule is NC(=O)c1cccc2cc3ccc(C(F)(F)F)cc3nc12. The summed E-state index contributed by atoms with van der Waals surface area (Å²) in [6.45, 7) is 0. The fraction of sp³-hybridized carbons (Fsp3) is 0.0667. The van der Waals surface area contributed by atoms with E-state index in [-0.39, 0.29) is 11.1 Å². The number of para-hydroxylation sites is 1. The monoisotopic (exact) mass is 290 g/mol. The minimum absolute atomic E-state index is 0.172. The summed E-state index contributed by atoms with van der Waals surface area (Å²) in [7, 11) is 0. The average molecular weight is 290 g/mol. The van der Waals surface area contributed by atoms with Crippen LogP contribution in [0.1, 0.15) is 15.9 Å². The van der Waals surface area contributed by atoms with Crippen LogP contribution in [0, 0.1) is 0 Å². The van der Waals surface area contributed by atoms with E-state index in [2.05, 4.69) is 4.98 Å². The van der Waals surface area contributed by atoms with Crippen molar-refractivity contribution in [1.82, 2.24) is 4.98 Å². The number of rotatable bonds is 1. The average Bonchev–Trinajstić information content (AvgIpc) is 2.42. The number of amides is 1. The number of benzene rings is 2. The smallest absolute Gasteiger partial charge is 0.366 e. The molecule has 2 aromatic carbocycles. The summed E-state index contributed by atoms with van der Waals surface area (Å²) in [6.07, 6.45) is -4.44. The Morgan fingerprint density at radius 1 is 1.05 bits per heavy atom. The van der Waals surface area contributed by atoms with Crippen LogP contribution in [0.15, 0.2) is 42.5 Å². The van der Waals surface area contributed by atoms with Gasteiger partial charge in [-0.25, -0.2) is 4.98 Å². The first-order chi connectivity index (χ1) is 9.86. The number of carbonyl (C=O) groups excluding carboxylic acids is 1. The lowest BCUT2D eigenvalue weighted by molar-refractivity contribution is -0.137. The van der Waals surface area contributed by atoms with Crippen LogP contribution >= 0.6 is 0 Å². The highest BCUT2D eigenvalue weighted by molar-refractivity contribution is 6.07. The van der Waals surface area contributed by atoms with Gasteiger partial charge in [0.2, 0.25) is 0 Å². The molecule has 1 amide bonds. The summed E-state index contributed by atoms with van der Waals surface area (Å²) in [6, 6.07) is 9.90. The molecule has 0 saturated heterocycles. The Bertz CT molecular complexity index is 872. The van der Waals surface area contributed by atoms with E-state index in [1.165, 1.54) is 12.1 Å². The number of alkyl halides is 3. The lowest BCUT2D eigenvalue weighted by atomic mass is 10.1. The van der Waals surface area contributed by atoms with Crippen molar-refractivity contribution in [3.8, 4) is 0 Å². The van der Waals surface area contributed by atoms with E-state index in [4.69, 9.17) is 5.73 Å². The number of fused-ring (bicyclic) bond motifs is 2. The molecular weight excluding hydrogens is 281 g/mol. The zero-order valence-electron chi connectivity index (χ0n) is 10.6. The maximum Gasteiger partial charge on any atom is 0.416 e. The van der Waals surface area contributed by atoms with Crippen LogP contribution in [0.5, 0.6) is 0 Å². The zero-order valence-corrected chi connectivity index (χ0v) is 10.6. The largest absolute Gasteiger partial charge is 0.416 e. The van der Waals surface area contributed by atoms with Crippen molar-refractivity contribution in [2.45, 2.75) is 6.18 Å². The summed E-state index contributed by atoms with van der Waals surface area (Å²) < 4.78 is 38.2. The molecule has 106 valence electrons. The van der Waals surface area contributed by atoms with Crippen LogP contribution in [0.4, 0.5) is 13.2 Å². The van der Waals surface area contributed by atoms with Gasteiger partial charge < -0.3 is 5.73 Å². The highest BCUT2D eigenvalue weighted by Crippen LogP contribution is 2.32.